The lowest BCUT2D eigenvalue weighted by Crippen LogP contribution is -2.35. The molecule has 0 atom stereocenters. The molecule has 1 aromatic carbocycles. The molecule has 1 amide bonds. The number of benzene rings is 1. The summed E-state index contributed by atoms with van der Waals surface area (Å²) in [7, 11) is 1.53. The Morgan fingerprint density at radius 2 is 1.90 bits per heavy atom. The second-order valence-electron chi connectivity index (χ2n) is 7.09. The number of ether oxygens (including phenoxy) is 2. The largest absolute Gasteiger partial charge is 0.505 e. The number of methoxy groups -OCH3 is 1. The topological polar surface area (TPSA) is 64.6 Å². The van der Waals surface area contributed by atoms with E-state index in [-0.39, 0.29) is 16.0 Å². The number of amides is 1. The molecule has 0 aliphatic heterocycles. The maximum atomic E-state index is 13.2. The SMILES string of the molecule is COC=CCc1c(Cl)nc(C)nc1N(C(=O)OC(C)(C)C)c1ccc(Cl)cc1Cl. The van der Waals surface area contributed by atoms with Gasteiger partial charge in [0.05, 0.1) is 24.1 Å². The molecule has 0 bridgehead atoms. The molecule has 0 saturated heterocycles. The van der Waals surface area contributed by atoms with Gasteiger partial charge in [-0.3, -0.25) is 0 Å². The highest BCUT2D eigenvalue weighted by Gasteiger charge is 2.30. The number of hydrogen-bond donors (Lipinski definition) is 0. The molecular weight excluding hydrogens is 437 g/mol. The van der Waals surface area contributed by atoms with Gasteiger partial charge >= 0.3 is 6.09 Å². The van der Waals surface area contributed by atoms with Crippen LogP contribution in [-0.2, 0) is 15.9 Å². The van der Waals surface area contributed by atoms with E-state index in [1.165, 1.54) is 24.3 Å². The van der Waals surface area contributed by atoms with E-state index in [1.54, 1.807) is 45.9 Å². The zero-order chi connectivity index (χ0) is 21.8. The highest BCUT2D eigenvalue weighted by Crippen LogP contribution is 2.37. The molecule has 9 heteroatoms. The molecule has 0 radical (unpaired) electrons. The Morgan fingerprint density at radius 3 is 2.48 bits per heavy atom. The second kappa shape index (κ2) is 9.65. The van der Waals surface area contributed by atoms with E-state index < -0.39 is 11.7 Å². The first-order valence-corrected chi connectivity index (χ1v) is 9.86. The Labute approximate surface area is 185 Å². The highest BCUT2D eigenvalue weighted by molar-refractivity contribution is 6.37. The molecule has 0 saturated carbocycles. The molecule has 0 spiro atoms. The Bertz CT molecular complexity index is 927. The first-order valence-electron chi connectivity index (χ1n) is 8.72. The molecular formula is C20H22Cl3N3O3. The van der Waals surface area contributed by atoms with E-state index in [1.807, 2.05) is 0 Å². The van der Waals surface area contributed by atoms with Crippen LogP contribution in [0.1, 0.15) is 32.2 Å². The number of aryl methyl sites for hydroxylation is 1. The monoisotopic (exact) mass is 457 g/mol. The first-order chi connectivity index (χ1) is 13.5. The smallest absolute Gasteiger partial charge is 0.420 e. The van der Waals surface area contributed by atoms with Gasteiger partial charge in [0.25, 0.3) is 0 Å². The number of halogens is 3. The Hall–Kier alpha value is -2.02. The predicted octanol–water partition coefficient (Wildman–Crippen LogP) is 6.52. The van der Waals surface area contributed by atoms with Gasteiger partial charge in [0.1, 0.15) is 16.6 Å². The van der Waals surface area contributed by atoms with Gasteiger partial charge in [-0.1, -0.05) is 34.8 Å². The number of nitrogens with zero attached hydrogens (tertiary/aromatic N) is 3. The van der Waals surface area contributed by atoms with Gasteiger partial charge in [0, 0.05) is 17.0 Å². The van der Waals surface area contributed by atoms with Crippen molar-refractivity contribution in [2.45, 2.75) is 39.7 Å². The minimum absolute atomic E-state index is 0.215. The third-order valence-corrected chi connectivity index (χ3v) is 4.39. The van der Waals surface area contributed by atoms with Crippen molar-refractivity contribution < 1.29 is 14.3 Å². The fourth-order valence-electron chi connectivity index (χ4n) is 2.44. The molecule has 2 aromatic rings. The summed E-state index contributed by atoms with van der Waals surface area (Å²) < 4.78 is 10.6. The van der Waals surface area contributed by atoms with Crippen LogP contribution in [0.2, 0.25) is 15.2 Å². The Balaban J connectivity index is 2.71. The highest BCUT2D eigenvalue weighted by atomic mass is 35.5. The van der Waals surface area contributed by atoms with Crippen molar-refractivity contribution in [3.63, 3.8) is 0 Å². The molecule has 0 unspecified atom stereocenters. The number of rotatable bonds is 5. The van der Waals surface area contributed by atoms with Gasteiger partial charge < -0.3 is 9.47 Å². The van der Waals surface area contributed by atoms with E-state index in [0.29, 0.717) is 28.5 Å². The van der Waals surface area contributed by atoms with Crippen molar-refractivity contribution in [3.8, 4) is 0 Å². The van der Waals surface area contributed by atoms with Crippen molar-refractivity contribution in [3.05, 3.63) is 57.1 Å². The number of allylic oxidation sites excluding steroid dienone is 1. The lowest BCUT2D eigenvalue weighted by atomic mass is 10.2. The summed E-state index contributed by atoms with van der Waals surface area (Å²) in [6.45, 7) is 6.99. The van der Waals surface area contributed by atoms with Crippen LogP contribution >= 0.6 is 34.8 Å². The summed E-state index contributed by atoms with van der Waals surface area (Å²) >= 11 is 18.8. The quantitative estimate of drug-likeness (QED) is 0.377. The van der Waals surface area contributed by atoms with Crippen molar-refractivity contribution >= 4 is 52.4 Å². The van der Waals surface area contributed by atoms with E-state index in [0.717, 1.165) is 0 Å². The first kappa shape index (κ1) is 23.3. The lowest BCUT2D eigenvalue weighted by molar-refractivity contribution is 0.0598. The molecule has 6 nitrogen and oxygen atoms in total. The zero-order valence-electron chi connectivity index (χ0n) is 16.8. The van der Waals surface area contributed by atoms with Gasteiger partial charge in [-0.25, -0.2) is 19.7 Å². The minimum Gasteiger partial charge on any atom is -0.505 e. The molecule has 1 aromatic heterocycles. The molecule has 0 aliphatic rings. The van der Waals surface area contributed by atoms with Crippen LogP contribution < -0.4 is 4.90 Å². The van der Waals surface area contributed by atoms with Gasteiger partial charge in [-0.15, -0.1) is 0 Å². The van der Waals surface area contributed by atoms with Crippen molar-refractivity contribution in [2.24, 2.45) is 0 Å². The summed E-state index contributed by atoms with van der Waals surface area (Å²) in [6, 6.07) is 4.78. The van der Waals surface area contributed by atoms with E-state index in [9.17, 15) is 4.79 Å². The number of anilines is 2. The van der Waals surface area contributed by atoms with Crippen molar-refractivity contribution in [1.82, 2.24) is 9.97 Å². The van der Waals surface area contributed by atoms with Crippen LogP contribution in [0, 0.1) is 6.92 Å². The number of aromatic nitrogens is 2. The summed E-state index contributed by atoms with van der Waals surface area (Å²) in [6.07, 6.45) is 2.91. The summed E-state index contributed by atoms with van der Waals surface area (Å²) in [5.41, 5.74) is 0.134. The summed E-state index contributed by atoms with van der Waals surface area (Å²) in [5, 5.41) is 0.907. The van der Waals surface area contributed by atoms with Crippen molar-refractivity contribution in [2.75, 3.05) is 12.0 Å². The van der Waals surface area contributed by atoms with Crippen LogP contribution in [0.25, 0.3) is 0 Å². The molecule has 0 aliphatic carbocycles. The van der Waals surface area contributed by atoms with Gasteiger partial charge in [0.2, 0.25) is 0 Å². The third kappa shape index (κ3) is 6.23. The predicted molar refractivity (Wildman–Crippen MR) is 116 cm³/mol. The molecule has 156 valence electrons. The summed E-state index contributed by atoms with van der Waals surface area (Å²) in [4.78, 5) is 23.1. The number of hydrogen-bond acceptors (Lipinski definition) is 5. The maximum Gasteiger partial charge on any atom is 0.420 e. The standard InChI is InChI=1S/C20H22Cl3N3O3/c1-12-24-17(23)14(7-6-10-28-5)18(25-12)26(19(27)29-20(2,3)4)16-9-8-13(21)11-15(16)22/h6,8-11H,7H2,1-5H3. The van der Waals surface area contributed by atoms with Crippen LogP contribution in [-0.4, -0.2) is 28.8 Å². The minimum atomic E-state index is -0.740. The van der Waals surface area contributed by atoms with Crippen LogP contribution in [0.3, 0.4) is 0 Å². The number of carbonyl (C=O) groups is 1. The third-order valence-electron chi connectivity index (χ3n) is 3.54. The van der Waals surface area contributed by atoms with Crippen LogP contribution in [0.15, 0.2) is 30.5 Å². The molecule has 2 rings (SSSR count). The normalized spacial score (nSPS) is 11.6. The second-order valence-corrected chi connectivity index (χ2v) is 8.29. The van der Waals surface area contributed by atoms with Gasteiger partial charge in [-0.2, -0.15) is 0 Å². The maximum absolute atomic E-state index is 13.2. The van der Waals surface area contributed by atoms with Crippen molar-refractivity contribution in [1.29, 1.82) is 0 Å². The Morgan fingerprint density at radius 1 is 1.21 bits per heavy atom. The van der Waals surface area contributed by atoms with Gasteiger partial charge in [-0.05, 0) is 52.0 Å². The number of carbonyl (C=O) groups excluding carboxylic acids is 1. The van der Waals surface area contributed by atoms with E-state index in [4.69, 9.17) is 44.3 Å². The molecule has 1 heterocycles. The Kier molecular flexibility index (Phi) is 7.74. The van der Waals surface area contributed by atoms with E-state index in [2.05, 4.69) is 9.97 Å². The van der Waals surface area contributed by atoms with E-state index >= 15 is 0 Å². The molecule has 29 heavy (non-hydrogen) atoms. The van der Waals surface area contributed by atoms with Gasteiger partial charge in [0.15, 0.2) is 5.82 Å². The van der Waals surface area contributed by atoms with Crippen LogP contribution in [0.4, 0.5) is 16.3 Å². The summed E-state index contributed by atoms with van der Waals surface area (Å²) in [5.74, 6) is 0.657. The molecule has 0 fully saturated rings. The average Bonchev–Trinajstić information content (AvgIpc) is 2.57. The molecule has 0 N–H and O–H groups in total. The fraction of sp³-hybridized carbons (Fsp3) is 0.350. The van der Waals surface area contributed by atoms with Crippen LogP contribution in [0.5, 0.6) is 0 Å². The fourth-order valence-corrected chi connectivity index (χ4v) is 3.22. The zero-order valence-corrected chi connectivity index (χ0v) is 19.1. The average molecular weight is 459 g/mol. The lowest BCUT2D eigenvalue weighted by Gasteiger charge is -2.28.